The van der Waals surface area contributed by atoms with Crippen LogP contribution in [-0.2, 0) is 26.3 Å². The van der Waals surface area contributed by atoms with E-state index in [0.29, 0.717) is 10.5 Å². The highest BCUT2D eigenvalue weighted by Crippen LogP contribution is 2.45. The van der Waals surface area contributed by atoms with Crippen molar-refractivity contribution in [2.45, 2.75) is 42.4 Å². The van der Waals surface area contributed by atoms with E-state index in [1.807, 2.05) is 0 Å². The van der Waals surface area contributed by atoms with Crippen LogP contribution < -0.4 is 0 Å². The number of hydrogen-bond acceptors (Lipinski definition) is 4. The van der Waals surface area contributed by atoms with Crippen LogP contribution in [0.25, 0.3) is 0 Å². The van der Waals surface area contributed by atoms with Crippen LogP contribution >= 0.6 is 23.2 Å². The van der Waals surface area contributed by atoms with Crippen LogP contribution in [-0.4, -0.2) is 27.5 Å². The second-order valence-electron chi connectivity index (χ2n) is 5.09. The van der Waals surface area contributed by atoms with Crippen molar-refractivity contribution in [3.63, 3.8) is 0 Å². The molecule has 0 amide bonds. The molecule has 0 aromatic heterocycles. The van der Waals surface area contributed by atoms with Crippen molar-refractivity contribution >= 4 is 40.3 Å². The molecule has 1 aromatic rings. The van der Waals surface area contributed by atoms with Crippen molar-refractivity contribution in [3.05, 3.63) is 27.7 Å². The van der Waals surface area contributed by atoms with Crippen molar-refractivity contribution in [1.29, 1.82) is 0 Å². The molecule has 0 saturated heterocycles. The molecule has 0 radical (unpaired) electrons. The average molecular weight is 351 g/mol. The van der Waals surface area contributed by atoms with E-state index >= 15 is 0 Å². The zero-order valence-electron chi connectivity index (χ0n) is 11.7. The Morgan fingerprint density at radius 1 is 1.52 bits per heavy atom. The summed E-state index contributed by atoms with van der Waals surface area (Å²) in [6.45, 7) is 3.70. The molecule has 3 atom stereocenters. The molecule has 0 fully saturated rings. The van der Waals surface area contributed by atoms with E-state index in [9.17, 15) is 14.5 Å². The fourth-order valence-corrected chi connectivity index (χ4v) is 4.51. The van der Waals surface area contributed by atoms with Crippen LogP contribution in [0.4, 0.5) is 0 Å². The second-order valence-corrected chi connectivity index (χ2v) is 7.74. The summed E-state index contributed by atoms with van der Waals surface area (Å²) in [5, 5.41) is 11.1. The first-order valence-electron chi connectivity index (χ1n) is 6.56. The number of carbonyl (C=O) groups is 1. The normalized spacial score (nSPS) is 28.1. The summed E-state index contributed by atoms with van der Waals surface area (Å²) >= 11 is 10.7. The highest BCUT2D eigenvalue weighted by Gasteiger charge is 2.46. The summed E-state index contributed by atoms with van der Waals surface area (Å²) < 4.78 is 17.3. The summed E-state index contributed by atoms with van der Waals surface area (Å²) in [6, 6.07) is 2.99. The lowest BCUT2D eigenvalue weighted by Crippen LogP contribution is -2.41. The first-order chi connectivity index (χ1) is 9.78. The maximum atomic E-state index is 12.4. The lowest BCUT2D eigenvalue weighted by atomic mass is 9.85. The standard InChI is InChI=1S/C14H16Cl2O4S/c1-3-20-13(17)7-14(18)6-8(2)21(19)12-5-11(16)10(15)4-9(12)14/h4-5,8,18H,3,6-7H2,1-2H3/t8-,14-,21?/m1/s1. The number of ether oxygens (including phenoxy) is 1. The predicted molar refractivity (Wildman–Crippen MR) is 82.1 cm³/mol. The van der Waals surface area contributed by atoms with Crippen molar-refractivity contribution in [2.75, 3.05) is 6.61 Å². The molecule has 0 spiro atoms. The molecule has 0 bridgehead atoms. The molecule has 0 saturated carbocycles. The average Bonchev–Trinajstić information content (AvgIpc) is 2.39. The SMILES string of the molecule is CCOC(=O)C[C@]1(O)C[C@@H](C)[S+]([O-])c2cc(Cl)c(Cl)cc21. The zero-order chi connectivity index (χ0) is 15.8. The quantitative estimate of drug-likeness (QED) is 0.671. The topological polar surface area (TPSA) is 69.6 Å². The highest BCUT2D eigenvalue weighted by molar-refractivity contribution is 7.92. The summed E-state index contributed by atoms with van der Waals surface area (Å²) in [5.41, 5.74) is -1.05. The molecule has 0 aliphatic carbocycles. The van der Waals surface area contributed by atoms with Gasteiger partial charge in [-0.15, -0.1) is 0 Å². The number of halogens is 2. The number of esters is 1. The Bertz CT molecular complexity index is 566. The van der Waals surface area contributed by atoms with E-state index in [0.717, 1.165) is 0 Å². The highest BCUT2D eigenvalue weighted by atomic mass is 35.5. The molecule has 1 heterocycles. The van der Waals surface area contributed by atoms with Crippen LogP contribution in [0.1, 0.15) is 32.3 Å². The van der Waals surface area contributed by atoms with E-state index in [4.69, 9.17) is 27.9 Å². The van der Waals surface area contributed by atoms with Gasteiger partial charge in [0.05, 0.1) is 23.1 Å². The van der Waals surface area contributed by atoms with Crippen molar-refractivity contribution < 1.29 is 19.2 Å². The van der Waals surface area contributed by atoms with Gasteiger partial charge in [-0.1, -0.05) is 23.2 Å². The Morgan fingerprint density at radius 2 is 2.14 bits per heavy atom. The first kappa shape index (κ1) is 16.9. The molecule has 116 valence electrons. The molecular weight excluding hydrogens is 335 g/mol. The van der Waals surface area contributed by atoms with Gasteiger partial charge in [0, 0.05) is 18.1 Å². The summed E-state index contributed by atoms with van der Waals surface area (Å²) in [4.78, 5) is 12.2. The number of benzene rings is 1. The number of rotatable bonds is 3. The van der Waals surface area contributed by atoms with E-state index in [-0.39, 0.29) is 34.7 Å². The third-order valence-electron chi connectivity index (χ3n) is 3.47. The van der Waals surface area contributed by atoms with Gasteiger partial charge in [-0.25, -0.2) is 0 Å². The van der Waals surface area contributed by atoms with Crippen LogP contribution in [0.3, 0.4) is 0 Å². The van der Waals surface area contributed by atoms with Crippen molar-refractivity contribution in [2.24, 2.45) is 0 Å². The van der Waals surface area contributed by atoms with Gasteiger partial charge in [0.15, 0.2) is 4.90 Å². The maximum absolute atomic E-state index is 12.4. The van der Waals surface area contributed by atoms with Gasteiger partial charge < -0.3 is 14.4 Å². The molecule has 2 rings (SSSR count). The summed E-state index contributed by atoms with van der Waals surface area (Å²) in [6.07, 6.45) is -0.00325. The monoisotopic (exact) mass is 350 g/mol. The van der Waals surface area contributed by atoms with Gasteiger partial charge in [0.2, 0.25) is 0 Å². The number of aliphatic hydroxyl groups is 1. The fourth-order valence-electron chi connectivity index (χ4n) is 2.55. The van der Waals surface area contributed by atoms with Crippen molar-refractivity contribution in [3.8, 4) is 0 Å². The minimum absolute atomic E-state index is 0.198. The van der Waals surface area contributed by atoms with Gasteiger partial charge in [-0.2, -0.15) is 0 Å². The molecule has 1 aliphatic rings. The van der Waals surface area contributed by atoms with Crippen LogP contribution in [0.2, 0.25) is 10.0 Å². The first-order valence-corrected chi connectivity index (χ1v) is 8.53. The number of hydrogen-bond donors (Lipinski definition) is 1. The fraction of sp³-hybridized carbons (Fsp3) is 0.500. The van der Waals surface area contributed by atoms with Gasteiger partial charge in [-0.05, 0) is 31.1 Å². The Labute approximate surface area is 136 Å². The largest absolute Gasteiger partial charge is 0.611 e. The van der Waals surface area contributed by atoms with Gasteiger partial charge >= 0.3 is 5.97 Å². The number of carbonyl (C=O) groups excluding carboxylic acids is 1. The van der Waals surface area contributed by atoms with Crippen molar-refractivity contribution in [1.82, 2.24) is 0 Å². The minimum atomic E-state index is -1.44. The molecule has 21 heavy (non-hydrogen) atoms. The molecule has 4 nitrogen and oxygen atoms in total. The predicted octanol–water partition coefficient (Wildman–Crippen LogP) is 3.03. The number of fused-ring (bicyclic) bond motifs is 1. The molecule has 7 heteroatoms. The summed E-state index contributed by atoms with van der Waals surface area (Å²) in [5.74, 6) is -0.503. The van der Waals surface area contributed by atoms with E-state index in [2.05, 4.69) is 0 Å². The van der Waals surface area contributed by atoms with E-state index < -0.39 is 22.7 Å². The maximum Gasteiger partial charge on any atom is 0.309 e. The molecule has 1 aromatic carbocycles. The van der Waals surface area contributed by atoms with Crippen LogP contribution in [0, 0.1) is 0 Å². The molecular formula is C14H16Cl2O4S. The van der Waals surface area contributed by atoms with Gasteiger partial charge in [-0.3, -0.25) is 4.79 Å². The lowest BCUT2D eigenvalue weighted by molar-refractivity contribution is -0.149. The van der Waals surface area contributed by atoms with E-state index in [1.165, 1.54) is 12.1 Å². The minimum Gasteiger partial charge on any atom is -0.611 e. The van der Waals surface area contributed by atoms with Gasteiger partial charge in [0.1, 0.15) is 10.9 Å². The Kier molecular flexibility index (Phi) is 5.11. The van der Waals surface area contributed by atoms with E-state index in [1.54, 1.807) is 13.8 Å². The molecule has 1 N–H and O–H groups in total. The summed E-state index contributed by atoms with van der Waals surface area (Å²) in [7, 11) is 0. The van der Waals surface area contributed by atoms with Gasteiger partial charge in [0.25, 0.3) is 0 Å². The zero-order valence-corrected chi connectivity index (χ0v) is 14.0. The van der Waals surface area contributed by atoms with Crippen LogP contribution in [0.5, 0.6) is 0 Å². The lowest BCUT2D eigenvalue weighted by Gasteiger charge is -2.37. The Morgan fingerprint density at radius 3 is 2.76 bits per heavy atom. The second kappa shape index (κ2) is 6.34. The molecule has 1 aliphatic heterocycles. The third kappa shape index (κ3) is 3.32. The third-order valence-corrected chi connectivity index (χ3v) is 5.86. The van der Waals surface area contributed by atoms with Crippen LogP contribution in [0.15, 0.2) is 17.0 Å². The Hall–Kier alpha value is -0.460. The Balaban J connectivity index is 2.47. The molecule has 1 unspecified atom stereocenters. The smallest absolute Gasteiger partial charge is 0.309 e.